The van der Waals surface area contributed by atoms with Gasteiger partial charge in [-0.2, -0.15) is 0 Å². The molecule has 1 aromatic carbocycles. The zero-order chi connectivity index (χ0) is 23.2. The molecule has 0 aliphatic carbocycles. The van der Waals surface area contributed by atoms with Crippen molar-refractivity contribution in [2.45, 2.75) is 33.9 Å². The molecule has 0 fully saturated rings. The first-order valence-corrected chi connectivity index (χ1v) is 11.1. The van der Waals surface area contributed by atoms with Gasteiger partial charge in [0.05, 0.1) is 16.8 Å². The summed E-state index contributed by atoms with van der Waals surface area (Å²) in [5, 5.41) is 4.11. The molecular weight excluding hydrogens is 416 g/mol. The molecule has 0 saturated heterocycles. The Labute approximate surface area is 192 Å². The van der Waals surface area contributed by atoms with Crippen molar-refractivity contribution in [2.75, 3.05) is 23.3 Å². The molecule has 33 heavy (non-hydrogen) atoms. The van der Waals surface area contributed by atoms with Gasteiger partial charge in [-0.25, -0.2) is 15.0 Å². The number of hydrogen-bond donors (Lipinski definition) is 1. The van der Waals surface area contributed by atoms with Crippen LogP contribution in [0, 0.1) is 6.92 Å². The lowest BCUT2D eigenvalue weighted by atomic mass is 10.2. The molecule has 8 heteroatoms. The van der Waals surface area contributed by atoms with Crippen molar-refractivity contribution in [3.05, 3.63) is 88.2 Å². The zero-order valence-electron chi connectivity index (χ0n) is 19.2. The van der Waals surface area contributed by atoms with Crippen LogP contribution in [0.3, 0.4) is 0 Å². The number of pyridine rings is 2. The number of nitrogens with one attached hydrogen (secondary N) is 1. The van der Waals surface area contributed by atoms with Crippen LogP contribution >= 0.6 is 0 Å². The number of rotatable bonds is 9. The van der Waals surface area contributed by atoms with E-state index in [1.165, 1.54) is 17.1 Å². The van der Waals surface area contributed by atoms with E-state index in [1.807, 2.05) is 55.6 Å². The third-order valence-electron chi connectivity index (χ3n) is 5.53. The van der Waals surface area contributed by atoms with E-state index in [-0.39, 0.29) is 12.2 Å². The van der Waals surface area contributed by atoms with Gasteiger partial charge < -0.3 is 15.1 Å². The van der Waals surface area contributed by atoms with Gasteiger partial charge >= 0.3 is 0 Å². The molecule has 0 radical (unpaired) electrons. The Bertz CT molecular complexity index is 1270. The lowest BCUT2D eigenvalue weighted by Crippen LogP contribution is -2.28. The van der Waals surface area contributed by atoms with Crippen LogP contribution in [0.5, 0.6) is 0 Å². The fourth-order valence-corrected chi connectivity index (χ4v) is 3.72. The molecule has 3 heterocycles. The van der Waals surface area contributed by atoms with E-state index in [2.05, 4.69) is 39.0 Å². The Balaban J connectivity index is 1.59. The number of nitrogens with zero attached hydrogens (tertiary/aromatic N) is 5. The molecule has 3 aromatic heterocycles. The number of benzene rings is 1. The summed E-state index contributed by atoms with van der Waals surface area (Å²) < 4.78 is 1.24. The van der Waals surface area contributed by atoms with E-state index in [0.717, 1.165) is 41.1 Å². The van der Waals surface area contributed by atoms with E-state index >= 15 is 0 Å². The second kappa shape index (κ2) is 10.1. The molecule has 0 aliphatic rings. The number of hydrogen-bond acceptors (Lipinski definition) is 7. The molecule has 0 saturated carbocycles. The Hall–Kier alpha value is -3.94. The van der Waals surface area contributed by atoms with Crippen LogP contribution < -0.4 is 20.6 Å². The van der Waals surface area contributed by atoms with E-state index in [0.29, 0.717) is 17.9 Å². The molecule has 0 amide bonds. The molecule has 1 N–H and O–H groups in total. The highest BCUT2D eigenvalue weighted by Gasteiger charge is 2.14. The minimum absolute atomic E-state index is 0.260. The van der Waals surface area contributed by atoms with Crippen LogP contribution in [0.25, 0.3) is 11.0 Å². The van der Waals surface area contributed by atoms with E-state index in [4.69, 9.17) is 4.84 Å². The standard InChI is InChI=1S/C25H28N6O2/c1-4-30(5-2)22-12-11-20(15-27-22)14-26-21-13-23(32)31(25-24(21)18(3)28-17-29-25)33-16-19-9-7-6-8-10-19/h6-13,15,17,26H,4-5,14,16H2,1-3H3. The third kappa shape index (κ3) is 4.95. The van der Waals surface area contributed by atoms with Crippen molar-refractivity contribution in [1.82, 2.24) is 19.7 Å². The summed E-state index contributed by atoms with van der Waals surface area (Å²) in [4.78, 5) is 34.2. The van der Waals surface area contributed by atoms with Crippen LogP contribution in [0.4, 0.5) is 11.5 Å². The van der Waals surface area contributed by atoms with Gasteiger partial charge in [0.25, 0.3) is 5.56 Å². The fraction of sp³-hybridized carbons (Fsp3) is 0.280. The summed E-state index contributed by atoms with van der Waals surface area (Å²) in [6, 6.07) is 15.3. The Morgan fingerprint density at radius 2 is 1.79 bits per heavy atom. The van der Waals surface area contributed by atoms with Gasteiger partial charge in [0, 0.05) is 31.9 Å². The highest BCUT2D eigenvalue weighted by atomic mass is 16.7. The van der Waals surface area contributed by atoms with Crippen LogP contribution in [0.15, 0.2) is 65.8 Å². The summed E-state index contributed by atoms with van der Waals surface area (Å²) in [7, 11) is 0. The fourth-order valence-electron chi connectivity index (χ4n) is 3.72. The summed E-state index contributed by atoms with van der Waals surface area (Å²) in [5.74, 6) is 0.955. The molecular formula is C25H28N6O2. The van der Waals surface area contributed by atoms with Crippen molar-refractivity contribution >= 4 is 22.5 Å². The van der Waals surface area contributed by atoms with Gasteiger partial charge in [-0.15, -0.1) is 4.73 Å². The van der Waals surface area contributed by atoms with E-state index < -0.39 is 0 Å². The first kappa shape index (κ1) is 22.3. The molecule has 170 valence electrons. The molecule has 0 unspecified atom stereocenters. The summed E-state index contributed by atoms with van der Waals surface area (Å²) >= 11 is 0. The van der Waals surface area contributed by atoms with Crippen molar-refractivity contribution in [2.24, 2.45) is 0 Å². The Morgan fingerprint density at radius 3 is 2.48 bits per heavy atom. The highest BCUT2D eigenvalue weighted by Crippen LogP contribution is 2.23. The first-order valence-electron chi connectivity index (χ1n) is 11.1. The van der Waals surface area contributed by atoms with Gasteiger partial charge in [0.2, 0.25) is 0 Å². The lowest BCUT2D eigenvalue weighted by molar-refractivity contribution is 0.0979. The molecule has 4 aromatic rings. The first-order chi connectivity index (χ1) is 16.1. The molecule has 0 atom stereocenters. The van der Waals surface area contributed by atoms with Crippen molar-refractivity contribution in [3.8, 4) is 0 Å². The molecule has 4 rings (SSSR count). The minimum atomic E-state index is -0.297. The molecule has 0 bridgehead atoms. The van der Waals surface area contributed by atoms with Crippen LogP contribution in [0.2, 0.25) is 0 Å². The third-order valence-corrected chi connectivity index (χ3v) is 5.53. The number of fused-ring (bicyclic) bond motifs is 1. The summed E-state index contributed by atoms with van der Waals surface area (Å²) in [5.41, 5.74) is 3.54. The van der Waals surface area contributed by atoms with Gasteiger partial charge in [0.1, 0.15) is 18.8 Å². The van der Waals surface area contributed by atoms with E-state index in [9.17, 15) is 4.79 Å². The molecule has 0 spiro atoms. The van der Waals surface area contributed by atoms with Gasteiger partial charge in [0.15, 0.2) is 5.65 Å². The highest BCUT2D eigenvalue weighted by molar-refractivity contribution is 5.90. The predicted molar refractivity (Wildman–Crippen MR) is 130 cm³/mol. The second-order valence-electron chi connectivity index (χ2n) is 7.66. The normalized spacial score (nSPS) is 10.9. The second-order valence-corrected chi connectivity index (χ2v) is 7.66. The van der Waals surface area contributed by atoms with Gasteiger partial charge in [-0.1, -0.05) is 36.4 Å². The van der Waals surface area contributed by atoms with Crippen molar-refractivity contribution in [1.29, 1.82) is 0 Å². The smallest absolute Gasteiger partial charge is 0.287 e. The number of aromatic nitrogens is 4. The number of anilines is 2. The largest absolute Gasteiger partial charge is 0.404 e. The Morgan fingerprint density at radius 1 is 1.00 bits per heavy atom. The minimum Gasteiger partial charge on any atom is -0.404 e. The Kier molecular flexibility index (Phi) is 6.83. The van der Waals surface area contributed by atoms with Crippen LogP contribution in [-0.4, -0.2) is 32.8 Å². The number of aryl methyl sites for hydroxylation is 1. The quantitative estimate of drug-likeness (QED) is 0.422. The summed E-state index contributed by atoms with van der Waals surface area (Å²) in [6.45, 7) is 8.72. The molecule has 8 nitrogen and oxygen atoms in total. The predicted octanol–water partition coefficient (Wildman–Crippen LogP) is 3.58. The maximum atomic E-state index is 12.9. The maximum absolute atomic E-state index is 12.9. The summed E-state index contributed by atoms with van der Waals surface area (Å²) in [6.07, 6.45) is 3.30. The van der Waals surface area contributed by atoms with Crippen molar-refractivity contribution < 1.29 is 4.84 Å². The average Bonchev–Trinajstić information content (AvgIpc) is 2.84. The van der Waals surface area contributed by atoms with Gasteiger partial charge in [-0.05, 0) is 38.0 Å². The van der Waals surface area contributed by atoms with Crippen LogP contribution in [0.1, 0.15) is 30.7 Å². The lowest BCUT2D eigenvalue weighted by Gasteiger charge is -2.20. The topological polar surface area (TPSA) is 85.2 Å². The SMILES string of the molecule is CCN(CC)c1ccc(CNc2cc(=O)n(OCc3ccccc3)c3ncnc(C)c23)cn1. The van der Waals surface area contributed by atoms with Crippen molar-refractivity contribution in [3.63, 3.8) is 0 Å². The average molecular weight is 445 g/mol. The monoisotopic (exact) mass is 444 g/mol. The van der Waals surface area contributed by atoms with E-state index in [1.54, 1.807) is 0 Å². The molecule has 0 aliphatic heterocycles. The zero-order valence-corrected chi connectivity index (χ0v) is 19.2. The maximum Gasteiger partial charge on any atom is 0.287 e. The van der Waals surface area contributed by atoms with Gasteiger partial charge in [-0.3, -0.25) is 4.79 Å². The van der Waals surface area contributed by atoms with Crippen LogP contribution in [-0.2, 0) is 13.2 Å².